The minimum absolute atomic E-state index is 0.0231. The number of ether oxygens (including phenoxy) is 2. The molecule has 0 fully saturated rings. The van der Waals surface area contributed by atoms with Gasteiger partial charge in [0.15, 0.2) is 17.3 Å². The van der Waals surface area contributed by atoms with Gasteiger partial charge in [-0.25, -0.2) is 0 Å². The molecular formula is C12H15NO3S. The number of ketones is 1. The van der Waals surface area contributed by atoms with Gasteiger partial charge >= 0.3 is 0 Å². The van der Waals surface area contributed by atoms with Crippen LogP contribution in [0.2, 0.25) is 0 Å². The standard InChI is InChI=1S/C12H15NO3S/c1-8(14)9-5-6-10(11(7-9)15-4)16-12(17)13(2)3/h5-7H,1-4H3. The van der Waals surface area contributed by atoms with Crippen molar-refractivity contribution in [3.63, 3.8) is 0 Å². The van der Waals surface area contributed by atoms with Crippen molar-refractivity contribution in [3.05, 3.63) is 23.8 Å². The van der Waals surface area contributed by atoms with Crippen LogP contribution in [0.3, 0.4) is 0 Å². The maximum Gasteiger partial charge on any atom is 0.264 e. The molecule has 0 amide bonds. The molecule has 0 unspecified atom stereocenters. The first-order valence-electron chi connectivity index (χ1n) is 5.03. The predicted molar refractivity (Wildman–Crippen MR) is 69.9 cm³/mol. The van der Waals surface area contributed by atoms with E-state index >= 15 is 0 Å². The van der Waals surface area contributed by atoms with Gasteiger partial charge in [-0.15, -0.1) is 0 Å². The van der Waals surface area contributed by atoms with Crippen LogP contribution >= 0.6 is 12.2 Å². The summed E-state index contributed by atoms with van der Waals surface area (Å²) >= 11 is 5.03. The molecule has 17 heavy (non-hydrogen) atoms. The first-order chi connectivity index (χ1) is 7.95. The quantitative estimate of drug-likeness (QED) is 0.609. The topological polar surface area (TPSA) is 38.8 Å². The third-order valence-corrected chi connectivity index (χ3v) is 2.58. The van der Waals surface area contributed by atoms with Gasteiger partial charge in [-0.3, -0.25) is 4.79 Å². The molecule has 5 heteroatoms. The zero-order valence-electron chi connectivity index (χ0n) is 10.3. The highest BCUT2D eigenvalue weighted by Gasteiger charge is 2.11. The zero-order valence-corrected chi connectivity index (χ0v) is 11.1. The van der Waals surface area contributed by atoms with Crippen LogP contribution in [0.4, 0.5) is 0 Å². The number of rotatable bonds is 3. The van der Waals surface area contributed by atoms with Crippen molar-refractivity contribution in [2.75, 3.05) is 21.2 Å². The highest BCUT2D eigenvalue weighted by atomic mass is 32.1. The Hall–Kier alpha value is -1.62. The largest absolute Gasteiger partial charge is 0.493 e. The molecule has 0 bridgehead atoms. The summed E-state index contributed by atoms with van der Waals surface area (Å²) < 4.78 is 10.6. The summed E-state index contributed by atoms with van der Waals surface area (Å²) in [5, 5.41) is 0.332. The Balaban J connectivity index is 3.01. The predicted octanol–water partition coefficient (Wildman–Crippen LogP) is 2.12. The van der Waals surface area contributed by atoms with Crippen molar-refractivity contribution in [2.24, 2.45) is 0 Å². The molecule has 0 saturated carbocycles. The Morgan fingerprint density at radius 3 is 2.41 bits per heavy atom. The van der Waals surface area contributed by atoms with E-state index in [1.165, 1.54) is 14.0 Å². The molecule has 1 aromatic rings. The van der Waals surface area contributed by atoms with E-state index < -0.39 is 0 Å². The lowest BCUT2D eigenvalue weighted by Crippen LogP contribution is -2.25. The summed E-state index contributed by atoms with van der Waals surface area (Å²) in [5.41, 5.74) is 0.574. The minimum Gasteiger partial charge on any atom is -0.493 e. The van der Waals surface area contributed by atoms with Crippen molar-refractivity contribution >= 4 is 23.2 Å². The molecular weight excluding hydrogens is 238 g/mol. The second-order valence-electron chi connectivity index (χ2n) is 3.68. The highest BCUT2D eigenvalue weighted by molar-refractivity contribution is 7.80. The molecule has 4 nitrogen and oxygen atoms in total. The second kappa shape index (κ2) is 5.63. The maximum absolute atomic E-state index is 11.2. The molecule has 0 aliphatic carbocycles. The average Bonchev–Trinajstić information content (AvgIpc) is 2.28. The molecule has 0 N–H and O–H groups in total. The Kier molecular flexibility index (Phi) is 4.45. The number of hydrogen-bond donors (Lipinski definition) is 0. The van der Waals surface area contributed by atoms with Crippen LogP contribution in [-0.2, 0) is 0 Å². The monoisotopic (exact) mass is 253 g/mol. The fourth-order valence-electron chi connectivity index (χ4n) is 1.16. The van der Waals surface area contributed by atoms with Crippen molar-refractivity contribution in [1.29, 1.82) is 0 Å². The molecule has 0 heterocycles. The molecule has 0 radical (unpaired) electrons. The summed E-state index contributed by atoms with van der Waals surface area (Å²) in [6.07, 6.45) is 0. The number of thiocarbonyl (C=S) groups is 1. The van der Waals surface area contributed by atoms with Gasteiger partial charge in [-0.05, 0) is 37.3 Å². The van der Waals surface area contributed by atoms with Crippen LogP contribution in [-0.4, -0.2) is 37.1 Å². The van der Waals surface area contributed by atoms with E-state index in [-0.39, 0.29) is 5.78 Å². The molecule has 0 aliphatic rings. The van der Waals surface area contributed by atoms with Crippen molar-refractivity contribution in [2.45, 2.75) is 6.92 Å². The maximum atomic E-state index is 11.2. The van der Waals surface area contributed by atoms with Crippen LogP contribution in [0.15, 0.2) is 18.2 Å². The smallest absolute Gasteiger partial charge is 0.264 e. The molecule has 0 saturated heterocycles. The van der Waals surface area contributed by atoms with Gasteiger partial charge < -0.3 is 14.4 Å². The third-order valence-electron chi connectivity index (χ3n) is 2.13. The first kappa shape index (κ1) is 13.4. The van der Waals surface area contributed by atoms with Gasteiger partial charge in [-0.2, -0.15) is 0 Å². The van der Waals surface area contributed by atoms with Gasteiger partial charge in [0.2, 0.25) is 0 Å². The van der Waals surface area contributed by atoms with Gasteiger partial charge in [-0.1, -0.05) is 0 Å². The molecule has 0 aromatic heterocycles. The van der Waals surface area contributed by atoms with Crippen molar-refractivity contribution in [3.8, 4) is 11.5 Å². The van der Waals surface area contributed by atoms with Crippen LogP contribution in [0.5, 0.6) is 11.5 Å². The van der Waals surface area contributed by atoms with Gasteiger partial charge in [0.1, 0.15) is 0 Å². The normalized spacial score (nSPS) is 9.65. The Bertz CT molecular complexity index is 443. The fourth-order valence-corrected chi connectivity index (χ4v) is 1.25. The van der Waals surface area contributed by atoms with Crippen molar-refractivity contribution < 1.29 is 14.3 Å². The van der Waals surface area contributed by atoms with Gasteiger partial charge in [0, 0.05) is 19.7 Å². The van der Waals surface area contributed by atoms with Gasteiger partial charge in [0.05, 0.1) is 7.11 Å². The summed E-state index contributed by atoms with van der Waals surface area (Å²) in [4.78, 5) is 12.9. The Morgan fingerprint density at radius 2 is 1.94 bits per heavy atom. The van der Waals surface area contributed by atoms with E-state index in [1.807, 2.05) is 0 Å². The lowest BCUT2D eigenvalue weighted by atomic mass is 10.1. The molecule has 1 aromatic carbocycles. The number of nitrogens with zero attached hydrogens (tertiary/aromatic N) is 1. The van der Waals surface area contributed by atoms with Crippen molar-refractivity contribution in [1.82, 2.24) is 4.90 Å². The Morgan fingerprint density at radius 1 is 1.29 bits per heavy atom. The second-order valence-corrected chi connectivity index (χ2v) is 4.03. The van der Waals surface area contributed by atoms with E-state index in [2.05, 4.69) is 0 Å². The number of Topliss-reactive ketones (excluding diaryl/α,β-unsaturated/α-hetero) is 1. The van der Waals surface area contributed by atoms with E-state index in [1.54, 1.807) is 37.2 Å². The van der Waals surface area contributed by atoms with Crippen LogP contribution < -0.4 is 9.47 Å². The number of carbonyl (C=O) groups is 1. The van der Waals surface area contributed by atoms with Crippen LogP contribution in [0.1, 0.15) is 17.3 Å². The van der Waals surface area contributed by atoms with Gasteiger partial charge in [0.25, 0.3) is 5.17 Å². The van der Waals surface area contributed by atoms with E-state index in [9.17, 15) is 4.79 Å². The molecule has 1 rings (SSSR count). The number of carbonyl (C=O) groups excluding carboxylic acids is 1. The van der Waals surface area contributed by atoms with E-state index in [0.29, 0.717) is 22.2 Å². The first-order valence-corrected chi connectivity index (χ1v) is 5.44. The SMILES string of the molecule is COc1cc(C(C)=O)ccc1OC(=S)N(C)C. The van der Waals surface area contributed by atoms with E-state index in [0.717, 1.165) is 0 Å². The Labute approximate surface area is 106 Å². The molecule has 0 spiro atoms. The average molecular weight is 253 g/mol. The fraction of sp³-hybridized carbons (Fsp3) is 0.333. The minimum atomic E-state index is -0.0231. The van der Waals surface area contributed by atoms with Crippen LogP contribution in [0, 0.1) is 0 Å². The number of methoxy groups -OCH3 is 1. The van der Waals surface area contributed by atoms with E-state index in [4.69, 9.17) is 21.7 Å². The molecule has 0 aliphatic heterocycles. The van der Waals surface area contributed by atoms with Crippen LogP contribution in [0.25, 0.3) is 0 Å². The number of benzene rings is 1. The molecule has 92 valence electrons. The lowest BCUT2D eigenvalue weighted by Gasteiger charge is -2.16. The third kappa shape index (κ3) is 3.42. The lowest BCUT2D eigenvalue weighted by molar-refractivity contribution is 0.101. The summed E-state index contributed by atoms with van der Waals surface area (Å²) in [7, 11) is 5.10. The summed E-state index contributed by atoms with van der Waals surface area (Å²) in [6.45, 7) is 1.50. The number of hydrogen-bond acceptors (Lipinski definition) is 4. The molecule has 0 atom stereocenters. The zero-order chi connectivity index (χ0) is 13.0. The summed E-state index contributed by atoms with van der Waals surface area (Å²) in [5.74, 6) is 0.961. The summed E-state index contributed by atoms with van der Waals surface area (Å²) in [6, 6.07) is 4.99. The highest BCUT2D eigenvalue weighted by Crippen LogP contribution is 2.28.